The molecule has 0 aromatic heterocycles. The zero-order valence-electron chi connectivity index (χ0n) is 14.0. The molecule has 5 heteroatoms. The molecule has 1 atom stereocenters. The number of carbonyl (C=O) groups is 1. The van der Waals surface area contributed by atoms with E-state index in [9.17, 15) is 4.79 Å². The predicted molar refractivity (Wildman–Crippen MR) is 103 cm³/mol. The number of hydrogen-bond acceptors (Lipinski definition) is 1. The van der Waals surface area contributed by atoms with E-state index in [0.29, 0.717) is 12.1 Å². The molecule has 0 aliphatic carbocycles. The molecule has 1 amide bonds. The lowest BCUT2D eigenvalue weighted by Gasteiger charge is -2.28. The second-order valence-corrected chi connectivity index (χ2v) is 6.89. The maximum absolute atomic E-state index is 12.5. The van der Waals surface area contributed by atoms with Crippen molar-refractivity contribution in [1.29, 1.82) is 0 Å². The topological polar surface area (TPSA) is 33.5 Å². The van der Waals surface area contributed by atoms with Crippen LogP contribution in [0, 0.1) is 0 Å². The van der Waals surface area contributed by atoms with Crippen molar-refractivity contribution in [3.63, 3.8) is 0 Å². The fraction of sp³-hybridized carbons (Fsp3) is 0.316. The molecule has 2 aromatic carbocycles. The zero-order chi connectivity index (χ0) is 17.5. The van der Waals surface area contributed by atoms with Crippen LogP contribution in [0.5, 0.6) is 0 Å². The average Bonchev–Trinajstić information content (AvgIpc) is 2.59. The number of halogens is 2. The van der Waals surface area contributed by atoms with Crippen molar-refractivity contribution in [3.8, 4) is 0 Å². The smallest absolute Gasteiger partial charge is 0.252 e. The van der Waals surface area contributed by atoms with Crippen LogP contribution < -0.4 is 10.2 Å². The Morgan fingerprint density at radius 2 is 1.75 bits per heavy atom. The Morgan fingerprint density at radius 3 is 2.38 bits per heavy atom. The number of quaternary nitrogens is 1. The molecule has 0 saturated carbocycles. The summed E-state index contributed by atoms with van der Waals surface area (Å²) in [6, 6.07) is 15.4. The number of amides is 1. The fourth-order valence-corrected chi connectivity index (χ4v) is 3.64. The van der Waals surface area contributed by atoms with Crippen molar-refractivity contribution in [2.45, 2.75) is 19.9 Å². The molecule has 0 radical (unpaired) electrons. The average molecular weight is 411 g/mol. The van der Waals surface area contributed by atoms with Crippen molar-refractivity contribution < 1.29 is 9.69 Å². The van der Waals surface area contributed by atoms with Crippen LogP contribution >= 0.6 is 27.5 Å². The maximum atomic E-state index is 12.5. The third-order valence-electron chi connectivity index (χ3n) is 4.27. The Bertz CT molecular complexity index is 689. The molecule has 2 rings (SSSR count). The highest BCUT2D eigenvalue weighted by atomic mass is 79.9. The van der Waals surface area contributed by atoms with Gasteiger partial charge < -0.3 is 10.2 Å². The van der Waals surface area contributed by atoms with Crippen molar-refractivity contribution in [2.24, 2.45) is 0 Å². The third kappa shape index (κ3) is 4.59. The summed E-state index contributed by atoms with van der Waals surface area (Å²) in [4.78, 5) is 13.9. The van der Waals surface area contributed by atoms with Crippen LogP contribution in [0.15, 0.2) is 53.0 Å². The summed E-state index contributed by atoms with van der Waals surface area (Å²) in [6.45, 7) is 6.78. The molecular formula is C19H23BrClN2O+. The molecule has 0 heterocycles. The molecule has 128 valence electrons. The molecule has 0 aliphatic heterocycles. The van der Waals surface area contributed by atoms with Gasteiger partial charge in [-0.1, -0.05) is 41.9 Å². The Kier molecular flexibility index (Phi) is 7.28. The van der Waals surface area contributed by atoms with E-state index in [-0.39, 0.29) is 11.9 Å². The lowest BCUT2D eigenvalue weighted by molar-refractivity contribution is -0.927. The number of hydrogen-bond donors (Lipinski definition) is 2. The van der Waals surface area contributed by atoms with Gasteiger partial charge in [0.05, 0.1) is 25.2 Å². The summed E-state index contributed by atoms with van der Waals surface area (Å²) in [7, 11) is 0. The molecule has 2 aromatic rings. The van der Waals surface area contributed by atoms with Gasteiger partial charge in [-0.2, -0.15) is 0 Å². The first-order valence-corrected chi connectivity index (χ1v) is 9.37. The summed E-state index contributed by atoms with van der Waals surface area (Å²) in [6.07, 6.45) is 0. The standard InChI is InChI=1S/C19H22BrClN2O/c1-3-23(4-2)18(15-10-6-8-12-17(15)21)13-22-19(24)14-9-5-7-11-16(14)20/h5-12,18H,3-4,13H2,1-2H3,(H,22,24)/p+1/t18-/m1/s1. The Labute approximate surface area is 157 Å². The van der Waals surface area contributed by atoms with E-state index in [1.165, 1.54) is 4.90 Å². The summed E-state index contributed by atoms with van der Waals surface area (Å²) in [5.41, 5.74) is 1.72. The van der Waals surface area contributed by atoms with Crippen LogP contribution in [0.25, 0.3) is 0 Å². The first-order chi connectivity index (χ1) is 11.6. The van der Waals surface area contributed by atoms with E-state index >= 15 is 0 Å². The lowest BCUT2D eigenvalue weighted by atomic mass is 10.0. The molecule has 0 fully saturated rings. The zero-order valence-corrected chi connectivity index (χ0v) is 16.3. The summed E-state index contributed by atoms with van der Waals surface area (Å²) in [5.74, 6) is -0.0777. The van der Waals surface area contributed by atoms with Gasteiger partial charge in [0.2, 0.25) is 0 Å². The van der Waals surface area contributed by atoms with Gasteiger partial charge in [-0.25, -0.2) is 0 Å². The fourth-order valence-electron chi connectivity index (χ4n) is 2.91. The van der Waals surface area contributed by atoms with E-state index in [4.69, 9.17) is 11.6 Å². The van der Waals surface area contributed by atoms with Crippen LogP contribution in [0.1, 0.15) is 35.8 Å². The molecule has 0 aliphatic rings. The second kappa shape index (κ2) is 9.21. The first kappa shape index (κ1) is 19.0. The van der Waals surface area contributed by atoms with Crippen LogP contribution in [0.3, 0.4) is 0 Å². The molecule has 3 nitrogen and oxygen atoms in total. The highest BCUT2D eigenvalue weighted by molar-refractivity contribution is 9.10. The van der Waals surface area contributed by atoms with Crippen LogP contribution in [-0.4, -0.2) is 25.5 Å². The van der Waals surface area contributed by atoms with E-state index in [1.54, 1.807) is 0 Å². The maximum Gasteiger partial charge on any atom is 0.252 e. The van der Waals surface area contributed by atoms with E-state index < -0.39 is 0 Å². The highest BCUT2D eigenvalue weighted by Gasteiger charge is 2.24. The van der Waals surface area contributed by atoms with Crippen molar-refractivity contribution in [1.82, 2.24) is 5.32 Å². The third-order valence-corrected chi connectivity index (χ3v) is 5.30. The molecule has 24 heavy (non-hydrogen) atoms. The number of rotatable bonds is 7. The normalized spacial score (nSPS) is 12.2. The van der Waals surface area contributed by atoms with Gasteiger partial charge in [0.25, 0.3) is 5.91 Å². The van der Waals surface area contributed by atoms with Crippen LogP contribution in [0.2, 0.25) is 5.02 Å². The van der Waals surface area contributed by atoms with Crippen molar-refractivity contribution in [3.05, 3.63) is 69.2 Å². The van der Waals surface area contributed by atoms with Crippen molar-refractivity contribution >= 4 is 33.4 Å². The quantitative estimate of drug-likeness (QED) is 0.720. The summed E-state index contributed by atoms with van der Waals surface area (Å²) < 4.78 is 0.798. The molecule has 2 N–H and O–H groups in total. The second-order valence-electron chi connectivity index (χ2n) is 5.63. The monoisotopic (exact) mass is 409 g/mol. The summed E-state index contributed by atoms with van der Waals surface area (Å²) >= 11 is 9.83. The molecule has 0 saturated heterocycles. The van der Waals surface area contributed by atoms with Gasteiger partial charge >= 0.3 is 0 Å². The van der Waals surface area contributed by atoms with Gasteiger partial charge in [0.1, 0.15) is 6.04 Å². The highest BCUT2D eigenvalue weighted by Crippen LogP contribution is 2.21. The van der Waals surface area contributed by atoms with E-state index in [1.807, 2.05) is 48.5 Å². The summed E-state index contributed by atoms with van der Waals surface area (Å²) in [5, 5.41) is 3.81. The van der Waals surface area contributed by atoms with Gasteiger partial charge in [-0.3, -0.25) is 4.79 Å². The van der Waals surface area contributed by atoms with Gasteiger partial charge in [-0.05, 0) is 48.0 Å². The van der Waals surface area contributed by atoms with E-state index in [0.717, 1.165) is 28.1 Å². The van der Waals surface area contributed by atoms with Gasteiger partial charge in [0.15, 0.2) is 0 Å². The van der Waals surface area contributed by atoms with Crippen LogP contribution in [-0.2, 0) is 0 Å². The van der Waals surface area contributed by atoms with E-state index in [2.05, 4.69) is 35.1 Å². The Hall–Kier alpha value is -1.36. The molecule has 0 spiro atoms. The predicted octanol–water partition coefficient (Wildman–Crippen LogP) is 3.50. The Balaban J connectivity index is 2.19. The number of benzene rings is 2. The number of nitrogens with one attached hydrogen (secondary N) is 2. The largest absolute Gasteiger partial charge is 0.346 e. The van der Waals surface area contributed by atoms with Crippen molar-refractivity contribution in [2.75, 3.05) is 19.6 Å². The minimum atomic E-state index is -0.0777. The number of carbonyl (C=O) groups excluding carboxylic acids is 1. The number of likely N-dealkylation sites (N-methyl/N-ethyl adjacent to an activating group) is 1. The van der Waals surface area contributed by atoms with Crippen LogP contribution in [0.4, 0.5) is 0 Å². The Morgan fingerprint density at radius 1 is 1.12 bits per heavy atom. The minimum Gasteiger partial charge on any atom is -0.346 e. The van der Waals surface area contributed by atoms with Gasteiger partial charge in [-0.15, -0.1) is 0 Å². The SMILES string of the molecule is CC[NH+](CC)[C@H](CNC(=O)c1ccccc1Br)c1ccccc1Cl. The molecular weight excluding hydrogens is 388 g/mol. The minimum absolute atomic E-state index is 0.0777. The molecule has 0 unspecified atom stereocenters. The lowest BCUT2D eigenvalue weighted by Crippen LogP contribution is -3.12. The van der Waals surface area contributed by atoms with Gasteiger partial charge in [0, 0.05) is 15.1 Å². The first-order valence-electron chi connectivity index (χ1n) is 8.20. The molecule has 0 bridgehead atoms.